The van der Waals surface area contributed by atoms with Crippen molar-refractivity contribution < 1.29 is 27.2 Å². The topological polar surface area (TPSA) is 119 Å². The van der Waals surface area contributed by atoms with E-state index in [4.69, 9.17) is 4.42 Å². The van der Waals surface area contributed by atoms with E-state index in [9.17, 15) is 18.0 Å². The second kappa shape index (κ2) is 10.2. The normalized spacial score (nSPS) is 11.4. The van der Waals surface area contributed by atoms with Crippen molar-refractivity contribution in [3.05, 3.63) is 42.1 Å². The first-order chi connectivity index (χ1) is 13.8. The fourth-order valence-corrected chi connectivity index (χ4v) is 4.05. The van der Waals surface area contributed by atoms with Crippen molar-refractivity contribution in [2.45, 2.75) is 44.6 Å². The van der Waals surface area contributed by atoms with E-state index in [2.05, 4.69) is 15.0 Å². The number of hydrogen-bond acceptors (Lipinski definition) is 7. The van der Waals surface area contributed by atoms with Gasteiger partial charge in [0.25, 0.3) is 0 Å². The zero-order valence-electron chi connectivity index (χ0n) is 16.7. The number of nitrogens with one attached hydrogen (secondary N) is 1. The van der Waals surface area contributed by atoms with E-state index < -0.39 is 16.0 Å². The molecule has 0 atom stereocenters. The average molecular weight is 423 g/mol. The van der Waals surface area contributed by atoms with Crippen LogP contribution < -0.4 is 5.32 Å². The van der Waals surface area contributed by atoms with Crippen LogP contribution in [0.2, 0.25) is 0 Å². The number of amides is 1. The molecule has 1 aromatic carbocycles. The lowest BCUT2D eigenvalue weighted by Crippen LogP contribution is -2.32. The molecule has 158 valence electrons. The highest BCUT2D eigenvalue weighted by Crippen LogP contribution is 2.21. The summed E-state index contributed by atoms with van der Waals surface area (Å²) in [6.45, 7) is 3.56. The second-order valence-electron chi connectivity index (χ2n) is 6.37. The van der Waals surface area contributed by atoms with Crippen LogP contribution in [0.25, 0.3) is 0 Å². The van der Waals surface area contributed by atoms with Gasteiger partial charge in [0.15, 0.2) is 5.69 Å². The van der Waals surface area contributed by atoms with Gasteiger partial charge in [-0.25, -0.2) is 18.2 Å². The molecule has 1 N–H and O–H groups in total. The first-order valence-corrected chi connectivity index (χ1v) is 10.6. The predicted molar refractivity (Wildman–Crippen MR) is 106 cm³/mol. The molecule has 2 rings (SSSR count). The van der Waals surface area contributed by atoms with Gasteiger partial charge in [-0.05, 0) is 30.7 Å². The summed E-state index contributed by atoms with van der Waals surface area (Å²) >= 11 is 0. The molecule has 1 amide bonds. The van der Waals surface area contributed by atoms with Crippen molar-refractivity contribution in [2.75, 3.05) is 19.0 Å². The maximum Gasteiger partial charge on any atom is 0.360 e. The maximum absolute atomic E-state index is 13.1. The SMILES string of the molecule is CCCCCN(Cc1nc(C(=O)OC)co1)S(=O)(=O)c1ccc(NC(C)=O)cc1. The molecule has 0 spiro atoms. The monoisotopic (exact) mass is 423 g/mol. The Bertz CT molecular complexity index is 937. The van der Waals surface area contributed by atoms with Crippen LogP contribution in [-0.4, -0.2) is 43.2 Å². The lowest BCUT2D eigenvalue weighted by Gasteiger charge is -2.21. The van der Waals surface area contributed by atoms with Gasteiger partial charge in [0.2, 0.25) is 21.8 Å². The number of aromatic nitrogens is 1. The third-order valence-corrected chi connectivity index (χ3v) is 5.94. The fraction of sp³-hybridized carbons (Fsp3) is 0.421. The number of anilines is 1. The summed E-state index contributed by atoms with van der Waals surface area (Å²) in [6.07, 6.45) is 3.61. The van der Waals surface area contributed by atoms with Crippen LogP contribution in [0.15, 0.2) is 39.8 Å². The molecule has 0 saturated carbocycles. The van der Waals surface area contributed by atoms with Crippen LogP contribution in [-0.2, 0) is 26.1 Å². The van der Waals surface area contributed by atoms with Crippen LogP contribution in [0, 0.1) is 0 Å². The molecule has 0 unspecified atom stereocenters. The number of nitrogens with zero attached hydrogens (tertiary/aromatic N) is 2. The second-order valence-corrected chi connectivity index (χ2v) is 8.31. The van der Waals surface area contributed by atoms with E-state index in [1.54, 1.807) is 0 Å². The third-order valence-electron chi connectivity index (χ3n) is 4.08. The zero-order valence-corrected chi connectivity index (χ0v) is 17.5. The molecule has 0 aliphatic carbocycles. The lowest BCUT2D eigenvalue weighted by atomic mass is 10.2. The molecule has 9 nitrogen and oxygen atoms in total. The molecule has 0 aliphatic heterocycles. The van der Waals surface area contributed by atoms with Crippen molar-refractivity contribution in [2.24, 2.45) is 0 Å². The predicted octanol–water partition coefficient (Wildman–Crippen LogP) is 2.80. The standard InChI is InChI=1S/C19H25N3O6S/c1-4-5-6-11-22(12-18-21-17(13-28-18)19(24)27-3)29(25,26)16-9-7-15(8-10-16)20-14(2)23/h7-10,13H,4-6,11-12H2,1-3H3,(H,20,23). The Morgan fingerprint density at radius 3 is 2.48 bits per heavy atom. The van der Waals surface area contributed by atoms with Crippen LogP contribution in [0.5, 0.6) is 0 Å². The highest BCUT2D eigenvalue weighted by Gasteiger charge is 2.26. The number of rotatable bonds is 10. The fourth-order valence-electron chi connectivity index (χ4n) is 2.62. The lowest BCUT2D eigenvalue weighted by molar-refractivity contribution is -0.114. The van der Waals surface area contributed by atoms with Gasteiger partial charge in [-0.2, -0.15) is 4.31 Å². The zero-order chi connectivity index (χ0) is 21.4. The number of methoxy groups -OCH3 is 1. The number of sulfonamides is 1. The summed E-state index contributed by atoms with van der Waals surface area (Å²) in [4.78, 5) is 26.8. The molecule has 0 radical (unpaired) electrons. The average Bonchev–Trinajstić information content (AvgIpc) is 3.15. The third kappa shape index (κ3) is 6.13. The Kier molecular flexibility index (Phi) is 7.91. The highest BCUT2D eigenvalue weighted by molar-refractivity contribution is 7.89. The number of benzene rings is 1. The molecule has 1 heterocycles. The number of esters is 1. The first kappa shape index (κ1) is 22.6. The molecule has 1 aromatic heterocycles. The number of unbranched alkanes of at least 4 members (excludes halogenated alkanes) is 2. The smallest absolute Gasteiger partial charge is 0.360 e. The van der Waals surface area contributed by atoms with Crippen LogP contribution in [0.1, 0.15) is 49.5 Å². The summed E-state index contributed by atoms with van der Waals surface area (Å²) in [5.74, 6) is -0.804. The molecule has 0 aliphatic rings. The van der Waals surface area contributed by atoms with Gasteiger partial charge in [0, 0.05) is 19.2 Å². The molecule has 0 saturated heterocycles. The van der Waals surface area contributed by atoms with Gasteiger partial charge < -0.3 is 14.5 Å². The molecule has 0 fully saturated rings. The van der Waals surface area contributed by atoms with E-state index in [1.165, 1.54) is 42.6 Å². The van der Waals surface area contributed by atoms with E-state index in [0.717, 1.165) is 19.1 Å². The molecular weight excluding hydrogens is 398 g/mol. The molecule has 0 bridgehead atoms. The number of carbonyl (C=O) groups excluding carboxylic acids is 2. The van der Waals surface area contributed by atoms with E-state index >= 15 is 0 Å². The number of hydrogen-bond donors (Lipinski definition) is 1. The Morgan fingerprint density at radius 2 is 1.90 bits per heavy atom. The van der Waals surface area contributed by atoms with Gasteiger partial charge in [-0.1, -0.05) is 19.8 Å². The van der Waals surface area contributed by atoms with Gasteiger partial charge in [-0.3, -0.25) is 4.79 Å². The minimum Gasteiger partial charge on any atom is -0.464 e. The van der Waals surface area contributed by atoms with Gasteiger partial charge >= 0.3 is 5.97 Å². The quantitative estimate of drug-likeness (QED) is 0.461. The largest absolute Gasteiger partial charge is 0.464 e. The Balaban J connectivity index is 2.25. The minimum absolute atomic E-state index is 0.0203. The van der Waals surface area contributed by atoms with Crippen molar-refractivity contribution in [3.8, 4) is 0 Å². The summed E-state index contributed by atoms with van der Waals surface area (Å²) in [6, 6.07) is 5.92. The van der Waals surface area contributed by atoms with E-state index in [0.29, 0.717) is 12.1 Å². The number of ether oxygens (including phenoxy) is 1. The van der Waals surface area contributed by atoms with Gasteiger partial charge in [-0.15, -0.1) is 0 Å². The van der Waals surface area contributed by atoms with Crippen LogP contribution in [0.4, 0.5) is 5.69 Å². The van der Waals surface area contributed by atoms with Crippen LogP contribution >= 0.6 is 0 Å². The Morgan fingerprint density at radius 1 is 1.21 bits per heavy atom. The van der Waals surface area contributed by atoms with Crippen molar-refractivity contribution >= 4 is 27.6 Å². The summed E-state index contributed by atoms with van der Waals surface area (Å²) in [7, 11) is -2.61. The van der Waals surface area contributed by atoms with Crippen molar-refractivity contribution in [3.63, 3.8) is 0 Å². The van der Waals surface area contributed by atoms with E-state index in [-0.39, 0.29) is 35.5 Å². The Labute approximate surface area is 170 Å². The van der Waals surface area contributed by atoms with Gasteiger partial charge in [0.05, 0.1) is 18.6 Å². The highest BCUT2D eigenvalue weighted by atomic mass is 32.2. The van der Waals surface area contributed by atoms with Crippen molar-refractivity contribution in [1.82, 2.24) is 9.29 Å². The van der Waals surface area contributed by atoms with Gasteiger partial charge in [0.1, 0.15) is 6.26 Å². The summed E-state index contributed by atoms with van der Waals surface area (Å²) < 4.78 is 37.4. The molecule has 2 aromatic rings. The molecule has 10 heteroatoms. The number of oxazole rings is 1. The maximum atomic E-state index is 13.1. The molecule has 29 heavy (non-hydrogen) atoms. The number of carbonyl (C=O) groups is 2. The summed E-state index contributed by atoms with van der Waals surface area (Å²) in [5.41, 5.74) is 0.484. The van der Waals surface area contributed by atoms with Crippen LogP contribution in [0.3, 0.4) is 0 Å². The van der Waals surface area contributed by atoms with E-state index in [1.807, 2.05) is 6.92 Å². The minimum atomic E-state index is -3.84. The molecular formula is C19H25N3O6S. The Hall–Kier alpha value is -2.72. The first-order valence-electron chi connectivity index (χ1n) is 9.18. The summed E-state index contributed by atoms with van der Waals surface area (Å²) in [5, 5.41) is 2.60. The van der Waals surface area contributed by atoms with Crippen molar-refractivity contribution in [1.29, 1.82) is 0 Å².